The third kappa shape index (κ3) is 5.40. The molecule has 1 aliphatic rings. The van der Waals surface area contributed by atoms with Crippen LogP contribution in [0.5, 0.6) is 0 Å². The molecule has 140 valence electrons. The predicted octanol–water partition coefficient (Wildman–Crippen LogP) is 3.19. The number of esters is 1. The first-order valence-electron chi connectivity index (χ1n) is 8.72. The Hall–Kier alpha value is -2.70. The van der Waals surface area contributed by atoms with Crippen LogP contribution in [-0.2, 0) is 14.3 Å². The molecular weight excluding hydrogens is 336 g/mol. The van der Waals surface area contributed by atoms with Crippen LogP contribution < -0.4 is 0 Å². The summed E-state index contributed by atoms with van der Waals surface area (Å²) >= 11 is 0. The van der Waals surface area contributed by atoms with E-state index in [0.717, 1.165) is 31.8 Å². The maximum absolute atomic E-state index is 12.2. The lowest BCUT2D eigenvalue weighted by atomic mass is 9.87. The maximum Gasteiger partial charge on any atom is 0.331 e. The zero-order valence-corrected chi connectivity index (χ0v) is 15.1. The van der Waals surface area contributed by atoms with E-state index in [4.69, 9.17) is 4.74 Å². The molecular formula is C19H24N2O5. The lowest BCUT2D eigenvalue weighted by molar-refractivity contribution is -0.385. The molecule has 7 heteroatoms. The van der Waals surface area contributed by atoms with Gasteiger partial charge < -0.3 is 9.64 Å². The average Bonchev–Trinajstić information content (AvgIpc) is 2.64. The number of carbonyl (C=O) groups excluding carboxylic acids is 2. The number of amides is 1. The molecule has 1 aromatic rings. The van der Waals surface area contributed by atoms with Crippen molar-refractivity contribution in [2.75, 3.05) is 13.7 Å². The van der Waals surface area contributed by atoms with Gasteiger partial charge in [0.1, 0.15) is 0 Å². The van der Waals surface area contributed by atoms with Gasteiger partial charge >= 0.3 is 5.97 Å². The average molecular weight is 360 g/mol. The van der Waals surface area contributed by atoms with Crippen molar-refractivity contribution in [1.29, 1.82) is 0 Å². The maximum atomic E-state index is 12.2. The van der Waals surface area contributed by atoms with Crippen molar-refractivity contribution in [2.45, 2.75) is 38.6 Å². The highest BCUT2D eigenvalue weighted by molar-refractivity contribution is 5.89. The number of carbonyl (C=O) groups is 2. The Morgan fingerprint density at radius 3 is 2.58 bits per heavy atom. The molecule has 0 atom stereocenters. The molecule has 26 heavy (non-hydrogen) atoms. The fourth-order valence-electron chi connectivity index (χ4n) is 3.07. The van der Waals surface area contributed by atoms with E-state index in [1.54, 1.807) is 24.1 Å². The molecule has 0 aromatic heterocycles. The van der Waals surface area contributed by atoms with E-state index in [1.165, 1.54) is 18.2 Å². The van der Waals surface area contributed by atoms with Crippen molar-refractivity contribution in [3.8, 4) is 0 Å². The number of nitrogens with zero attached hydrogens (tertiary/aromatic N) is 2. The van der Waals surface area contributed by atoms with Crippen molar-refractivity contribution in [3.63, 3.8) is 0 Å². The Morgan fingerprint density at radius 2 is 1.92 bits per heavy atom. The minimum atomic E-state index is -0.706. The van der Waals surface area contributed by atoms with Gasteiger partial charge in [-0.2, -0.15) is 0 Å². The number of para-hydroxylation sites is 1. The lowest BCUT2D eigenvalue weighted by Gasteiger charge is -2.33. The summed E-state index contributed by atoms with van der Waals surface area (Å²) < 4.78 is 4.97. The third-order valence-electron chi connectivity index (χ3n) is 4.80. The monoisotopic (exact) mass is 360 g/mol. The largest absolute Gasteiger partial charge is 0.452 e. The van der Waals surface area contributed by atoms with Crippen LogP contribution in [0.25, 0.3) is 6.08 Å². The van der Waals surface area contributed by atoms with Gasteiger partial charge in [0.25, 0.3) is 11.6 Å². The lowest BCUT2D eigenvalue weighted by Crippen LogP contribution is -2.41. The van der Waals surface area contributed by atoms with Gasteiger partial charge in [-0.1, -0.05) is 19.1 Å². The van der Waals surface area contributed by atoms with Gasteiger partial charge in [0, 0.05) is 25.2 Å². The summed E-state index contributed by atoms with van der Waals surface area (Å²) in [5.41, 5.74) is 0.202. The van der Waals surface area contributed by atoms with Crippen molar-refractivity contribution in [2.24, 2.45) is 5.92 Å². The molecule has 1 fully saturated rings. The quantitative estimate of drug-likeness (QED) is 0.336. The Balaban J connectivity index is 1.84. The van der Waals surface area contributed by atoms with Gasteiger partial charge in [0.05, 0.1) is 10.5 Å². The minimum Gasteiger partial charge on any atom is -0.452 e. The normalized spacial score (nSPS) is 19.9. The van der Waals surface area contributed by atoms with Gasteiger partial charge in [-0.15, -0.1) is 0 Å². The molecule has 2 rings (SSSR count). The highest BCUT2D eigenvalue weighted by Crippen LogP contribution is 2.26. The van der Waals surface area contributed by atoms with Crippen LogP contribution in [0.3, 0.4) is 0 Å². The zero-order chi connectivity index (χ0) is 19.1. The second-order valence-electron chi connectivity index (χ2n) is 6.68. The summed E-state index contributed by atoms with van der Waals surface area (Å²) in [6.45, 7) is 1.88. The highest BCUT2D eigenvalue weighted by Gasteiger charge is 2.25. The number of hydrogen-bond acceptors (Lipinski definition) is 5. The van der Waals surface area contributed by atoms with Crippen LogP contribution >= 0.6 is 0 Å². The number of hydrogen-bond donors (Lipinski definition) is 0. The van der Waals surface area contributed by atoms with E-state index in [-0.39, 0.29) is 24.2 Å². The van der Waals surface area contributed by atoms with Gasteiger partial charge in [0.15, 0.2) is 6.61 Å². The summed E-state index contributed by atoms with van der Waals surface area (Å²) in [7, 11) is 1.74. The van der Waals surface area contributed by atoms with Crippen molar-refractivity contribution < 1.29 is 19.2 Å². The van der Waals surface area contributed by atoms with Gasteiger partial charge in [0.2, 0.25) is 0 Å². The Morgan fingerprint density at radius 1 is 1.27 bits per heavy atom. The molecule has 1 saturated carbocycles. The van der Waals surface area contributed by atoms with E-state index in [1.807, 2.05) is 0 Å². The molecule has 0 bridgehead atoms. The van der Waals surface area contributed by atoms with Crippen LogP contribution in [0.15, 0.2) is 30.3 Å². The molecule has 1 aliphatic carbocycles. The molecule has 1 amide bonds. The van der Waals surface area contributed by atoms with Crippen LogP contribution in [0.4, 0.5) is 5.69 Å². The molecule has 0 unspecified atom stereocenters. The topological polar surface area (TPSA) is 89.8 Å². The fourth-order valence-corrected chi connectivity index (χ4v) is 3.07. The smallest absolute Gasteiger partial charge is 0.331 e. The first kappa shape index (κ1) is 19.6. The van der Waals surface area contributed by atoms with Crippen LogP contribution in [0.1, 0.15) is 38.2 Å². The van der Waals surface area contributed by atoms with E-state index in [0.29, 0.717) is 11.5 Å². The fraction of sp³-hybridized carbons (Fsp3) is 0.474. The van der Waals surface area contributed by atoms with Crippen LogP contribution in [0.2, 0.25) is 0 Å². The summed E-state index contributed by atoms with van der Waals surface area (Å²) in [6, 6.07) is 6.27. The molecule has 0 radical (unpaired) electrons. The number of nitro groups is 1. The van der Waals surface area contributed by atoms with Crippen LogP contribution in [-0.4, -0.2) is 41.4 Å². The summed E-state index contributed by atoms with van der Waals surface area (Å²) in [6.07, 6.45) is 6.54. The Labute approximate surface area is 152 Å². The summed E-state index contributed by atoms with van der Waals surface area (Å²) in [5, 5.41) is 10.9. The number of benzene rings is 1. The Bertz CT molecular complexity index is 693. The second kappa shape index (κ2) is 9.12. The third-order valence-corrected chi connectivity index (χ3v) is 4.80. The van der Waals surface area contributed by atoms with Crippen LogP contribution in [0, 0.1) is 16.0 Å². The zero-order valence-electron chi connectivity index (χ0n) is 15.1. The summed E-state index contributed by atoms with van der Waals surface area (Å²) in [5.74, 6) is -0.251. The molecule has 0 N–H and O–H groups in total. The number of rotatable bonds is 6. The van der Waals surface area contributed by atoms with E-state index >= 15 is 0 Å². The standard InChI is InChI=1S/C19H24N2O5/c1-14-7-10-16(11-8-14)20(2)18(22)13-26-19(23)12-9-15-5-3-4-6-17(15)21(24)25/h3-6,9,12,14,16H,7-8,10-11,13H2,1-2H3/b12-9+. The highest BCUT2D eigenvalue weighted by atomic mass is 16.6. The summed E-state index contributed by atoms with van der Waals surface area (Å²) in [4.78, 5) is 36.0. The van der Waals surface area contributed by atoms with E-state index in [9.17, 15) is 19.7 Å². The van der Waals surface area contributed by atoms with Crippen molar-refractivity contribution in [3.05, 3.63) is 46.0 Å². The SMILES string of the molecule is CC1CCC(N(C)C(=O)COC(=O)/C=C/c2ccccc2[N+](=O)[O-])CC1. The molecule has 0 heterocycles. The molecule has 1 aromatic carbocycles. The molecule has 0 spiro atoms. The number of ether oxygens (including phenoxy) is 1. The van der Waals surface area contributed by atoms with Crippen molar-refractivity contribution >= 4 is 23.6 Å². The predicted molar refractivity (Wildman–Crippen MR) is 97.3 cm³/mol. The first-order chi connectivity index (χ1) is 12.4. The number of nitro benzene ring substituents is 1. The number of likely N-dealkylation sites (N-methyl/N-ethyl adjacent to an activating group) is 1. The molecule has 0 aliphatic heterocycles. The second-order valence-corrected chi connectivity index (χ2v) is 6.68. The van der Waals surface area contributed by atoms with E-state index in [2.05, 4.69) is 6.92 Å². The van der Waals surface area contributed by atoms with Gasteiger partial charge in [-0.25, -0.2) is 4.79 Å². The van der Waals surface area contributed by atoms with Gasteiger partial charge in [-0.05, 0) is 43.7 Å². The first-order valence-corrected chi connectivity index (χ1v) is 8.72. The van der Waals surface area contributed by atoms with E-state index < -0.39 is 10.9 Å². The molecule has 0 saturated heterocycles. The molecule has 7 nitrogen and oxygen atoms in total. The minimum absolute atomic E-state index is 0.0983. The Kier molecular flexibility index (Phi) is 6.89. The van der Waals surface area contributed by atoms with Crippen molar-refractivity contribution in [1.82, 2.24) is 4.90 Å². The van der Waals surface area contributed by atoms with Gasteiger partial charge in [-0.3, -0.25) is 14.9 Å².